The molecule has 1 aromatic rings. The topological polar surface area (TPSA) is 38.4 Å². The number of benzene rings is 1. The van der Waals surface area contributed by atoms with Gasteiger partial charge in [0.2, 0.25) is 0 Å². The van der Waals surface area contributed by atoms with Crippen LogP contribution in [0.5, 0.6) is 0 Å². The van der Waals surface area contributed by atoms with Crippen molar-refractivity contribution in [3.63, 3.8) is 0 Å². The molecule has 0 heterocycles. The monoisotopic (exact) mass is 278 g/mol. The highest BCUT2D eigenvalue weighted by Crippen LogP contribution is 2.08. The Balaban J connectivity index is 2.70. The summed E-state index contributed by atoms with van der Waals surface area (Å²) in [5.74, 6) is 0.633. The molecule has 0 aliphatic heterocycles. The minimum absolute atomic E-state index is 0.633. The molecule has 12 heavy (non-hydrogen) atoms. The molecule has 1 aromatic carbocycles. The van der Waals surface area contributed by atoms with E-state index in [0.29, 0.717) is 12.4 Å². The van der Waals surface area contributed by atoms with Crippen LogP contribution in [0.25, 0.3) is 0 Å². The van der Waals surface area contributed by atoms with Crippen molar-refractivity contribution in [3.8, 4) is 0 Å². The summed E-state index contributed by atoms with van der Waals surface area (Å²) < 4.78 is 1.23. The molecule has 0 saturated carbocycles. The first-order chi connectivity index (χ1) is 5.68. The van der Waals surface area contributed by atoms with Gasteiger partial charge in [-0.05, 0) is 47.2 Å². The van der Waals surface area contributed by atoms with Crippen molar-refractivity contribution in [1.29, 1.82) is 0 Å². The molecule has 0 aliphatic rings. The summed E-state index contributed by atoms with van der Waals surface area (Å²) in [6.07, 6.45) is 0. The minimum atomic E-state index is 0.633. The maximum absolute atomic E-state index is 5.43. The predicted octanol–water partition coefficient (Wildman–Crippen LogP) is 2.17. The standard InChI is InChI=1S/C9H11IN2/c1-7(11)12-6-8-3-2-4-9(10)5-8/h2-5H,6H2,1H3,(H2,11,12)/i10+4. The fraction of sp³-hybridized carbons (Fsp3) is 0.222. The number of rotatable bonds is 2. The summed E-state index contributed by atoms with van der Waals surface area (Å²) in [6.45, 7) is 2.48. The number of aliphatic imine (C=N–C) groups is 1. The van der Waals surface area contributed by atoms with E-state index in [4.69, 9.17) is 5.73 Å². The second-order valence-electron chi connectivity index (χ2n) is 2.59. The third kappa shape index (κ3) is 3.21. The van der Waals surface area contributed by atoms with Crippen LogP contribution in [0.15, 0.2) is 29.3 Å². The third-order valence-electron chi connectivity index (χ3n) is 1.40. The van der Waals surface area contributed by atoms with Gasteiger partial charge in [0.05, 0.1) is 12.4 Å². The number of nitrogens with two attached hydrogens (primary N) is 1. The average molecular weight is 278 g/mol. The fourth-order valence-corrected chi connectivity index (χ4v) is 1.46. The van der Waals surface area contributed by atoms with Crippen LogP contribution >= 0.6 is 22.6 Å². The van der Waals surface area contributed by atoms with Crippen molar-refractivity contribution < 1.29 is 0 Å². The van der Waals surface area contributed by atoms with Crippen LogP contribution in [-0.2, 0) is 6.54 Å². The summed E-state index contributed by atoms with van der Waals surface area (Å²) in [4.78, 5) is 4.13. The summed E-state index contributed by atoms with van der Waals surface area (Å²) in [7, 11) is 0. The van der Waals surface area contributed by atoms with Crippen molar-refractivity contribution in [1.82, 2.24) is 0 Å². The molecular formula is C9H11IN2. The normalized spacial score (nSPS) is 11.7. The van der Waals surface area contributed by atoms with Crippen molar-refractivity contribution in [2.45, 2.75) is 13.5 Å². The maximum Gasteiger partial charge on any atom is 0.0909 e. The van der Waals surface area contributed by atoms with E-state index >= 15 is 0 Å². The molecule has 0 atom stereocenters. The van der Waals surface area contributed by atoms with Crippen molar-refractivity contribution >= 4 is 28.4 Å². The van der Waals surface area contributed by atoms with Gasteiger partial charge in [0.25, 0.3) is 0 Å². The molecule has 0 amide bonds. The zero-order chi connectivity index (χ0) is 8.97. The highest BCUT2D eigenvalue weighted by Gasteiger charge is 1.91. The van der Waals surface area contributed by atoms with Crippen LogP contribution in [0.2, 0.25) is 0 Å². The van der Waals surface area contributed by atoms with Gasteiger partial charge in [-0.25, -0.2) is 0 Å². The summed E-state index contributed by atoms with van der Waals surface area (Å²) in [6, 6.07) is 8.24. The third-order valence-corrected chi connectivity index (χ3v) is 2.07. The SMILES string of the molecule is CC(N)=NCc1cccc([131I])c1. The van der Waals surface area contributed by atoms with Crippen LogP contribution in [0, 0.1) is 3.57 Å². The largest absolute Gasteiger partial charge is 0.388 e. The predicted molar refractivity (Wildman–Crippen MR) is 60.2 cm³/mol. The lowest BCUT2D eigenvalue weighted by atomic mass is 10.2. The summed E-state index contributed by atoms with van der Waals surface area (Å²) in [5, 5.41) is 0. The molecule has 0 fully saturated rings. The van der Waals surface area contributed by atoms with Gasteiger partial charge in [0.1, 0.15) is 0 Å². The molecule has 0 spiro atoms. The second-order valence-corrected chi connectivity index (χ2v) is 3.83. The Morgan fingerprint density at radius 2 is 2.33 bits per heavy atom. The fourth-order valence-electron chi connectivity index (χ4n) is 0.851. The van der Waals surface area contributed by atoms with E-state index in [1.807, 2.05) is 6.07 Å². The number of halogens is 1. The molecular weight excluding hydrogens is 267 g/mol. The first kappa shape index (κ1) is 9.51. The highest BCUT2D eigenvalue weighted by molar-refractivity contribution is 14.1. The number of nitrogens with zero attached hydrogens (tertiary/aromatic N) is 1. The van der Waals surface area contributed by atoms with Gasteiger partial charge in [0.15, 0.2) is 0 Å². The van der Waals surface area contributed by atoms with Gasteiger partial charge < -0.3 is 5.73 Å². The van der Waals surface area contributed by atoms with Gasteiger partial charge in [0, 0.05) is 3.57 Å². The Kier molecular flexibility index (Phi) is 3.52. The number of hydrogen-bond acceptors (Lipinski definition) is 1. The van der Waals surface area contributed by atoms with E-state index in [1.54, 1.807) is 6.92 Å². The Labute approximate surface area is 86.0 Å². The number of amidine groups is 1. The molecule has 0 saturated heterocycles. The van der Waals surface area contributed by atoms with Crippen LogP contribution in [0.4, 0.5) is 0 Å². The highest BCUT2D eigenvalue weighted by atomic mass is 131. The van der Waals surface area contributed by atoms with Gasteiger partial charge >= 0.3 is 0 Å². The van der Waals surface area contributed by atoms with E-state index in [1.165, 1.54) is 9.13 Å². The zero-order valence-electron chi connectivity index (χ0n) is 6.92. The molecule has 1 rings (SSSR count). The number of hydrogen-bond donors (Lipinski definition) is 1. The molecule has 0 aliphatic carbocycles. The molecule has 0 radical (unpaired) electrons. The van der Waals surface area contributed by atoms with E-state index in [-0.39, 0.29) is 0 Å². The summed E-state index contributed by atoms with van der Waals surface area (Å²) in [5.41, 5.74) is 6.63. The Bertz CT molecular complexity index is 290. The molecule has 64 valence electrons. The molecule has 0 bridgehead atoms. The maximum atomic E-state index is 5.43. The van der Waals surface area contributed by atoms with Crippen molar-refractivity contribution in [2.24, 2.45) is 10.7 Å². The lowest BCUT2D eigenvalue weighted by Gasteiger charge is -1.97. The Morgan fingerprint density at radius 3 is 2.92 bits per heavy atom. The van der Waals surface area contributed by atoms with Gasteiger partial charge in [-0.3, -0.25) is 4.99 Å². The molecule has 2 N–H and O–H groups in total. The summed E-state index contributed by atoms with van der Waals surface area (Å²) >= 11 is 2.28. The van der Waals surface area contributed by atoms with Gasteiger partial charge in [-0.1, -0.05) is 12.1 Å². The van der Waals surface area contributed by atoms with Gasteiger partial charge in [-0.15, -0.1) is 0 Å². The van der Waals surface area contributed by atoms with E-state index in [2.05, 4.69) is 45.8 Å². The van der Waals surface area contributed by atoms with Crippen LogP contribution in [-0.4, -0.2) is 5.84 Å². The van der Waals surface area contributed by atoms with Crippen molar-refractivity contribution in [2.75, 3.05) is 0 Å². The molecule has 3 heteroatoms. The van der Waals surface area contributed by atoms with Crippen molar-refractivity contribution in [3.05, 3.63) is 33.4 Å². The molecule has 0 unspecified atom stereocenters. The zero-order valence-corrected chi connectivity index (χ0v) is 9.08. The average Bonchev–Trinajstić information content (AvgIpc) is 2.01. The second kappa shape index (κ2) is 4.45. The Morgan fingerprint density at radius 1 is 1.58 bits per heavy atom. The quantitative estimate of drug-likeness (QED) is 0.502. The minimum Gasteiger partial charge on any atom is -0.388 e. The first-order valence-corrected chi connectivity index (χ1v) is 4.77. The van der Waals surface area contributed by atoms with E-state index < -0.39 is 0 Å². The van der Waals surface area contributed by atoms with Crippen LogP contribution < -0.4 is 5.73 Å². The van der Waals surface area contributed by atoms with E-state index in [9.17, 15) is 0 Å². The molecule has 2 nitrogen and oxygen atoms in total. The van der Waals surface area contributed by atoms with Crippen LogP contribution in [0.1, 0.15) is 12.5 Å². The smallest absolute Gasteiger partial charge is 0.0909 e. The van der Waals surface area contributed by atoms with E-state index in [0.717, 1.165) is 0 Å². The molecule has 0 aromatic heterocycles. The Hall–Kier alpha value is -0.580. The lowest BCUT2D eigenvalue weighted by molar-refractivity contribution is 1.06. The lowest BCUT2D eigenvalue weighted by Crippen LogP contribution is -2.05. The van der Waals surface area contributed by atoms with Gasteiger partial charge in [-0.2, -0.15) is 0 Å². The first-order valence-electron chi connectivity index (χ1n) is 3.69. The van der Waals surface area contributed by atoms with Crippen LogP contribution in [0.3, 0.4) is 0 Å².